The minimum Gasteiger partial charge on any atom is -0.466 e. The lowest BCUT2D eigenvalue weighted by Gasteiger charge is -2.30. The number of benzene rings is 2. The largest absolute Gasteiger partial charge is 0.466 e. The number of cyclic esters (lactones) is 1. The third-order valence-electron chi connectivity index (χ3n) is 4.54. The fraction of sp³-hybridized carbons (Fsp3) is 0.300. The molecule has 6 nitrogen and oxygen atoms in total. The lowest BCUT2D eigenvalue weighted by molar-refractivity contribution is -0.176. The molecule has 2 aromatic rings. The van der Waals surface area contributed by atoms with Gasteiger partial charge in [0, 0.05) is 0 Å². The first kappa shape index (κ1) is 18.1. The van der Waals surface area contributed by atoms with Crippen molar-refractivity contribution in [2.75, 3.05) is 6.61 Å². The van der Waals surface area contributed by atoms with E-state index in [0.717, 1.165) is 0 Å². The molecule has 0 amide bonds. The van der Waals surface area contributed by atoms with Crippen LogP contribution in [-0.2, 0) is 19.1 Å². The highest BCUT2D eigenvalue weighted by Crippen LogP contribution is 2.48. The van der Waals surface area contributed by atoms with Crippen molar-refractivity contribution in [3.63, 3.8) is 0 Å². The molecule has 0 unspecified atom stereocenters. The van der Waals surface area contributed by atoms with Crippen LogP contribution in [0.1, 0.15) is 30.3 Å². The molecule has 1 aliphatic heterocycles. The van der Waals surface area contributed by atoms with Gasteiger partial charge < -0.3 is 19.7 Å². The zero-order valence-corrected chi connectivity index (χ0v) is 14.2. The Kier molecular flexibility index (Phi) is 5.06. The van der Waals surface area contributed by atoms with Gasteiger partial charge in [0.25, 0.3) is 0 Å². The van der Waals surface area contributed by atoms with Crippen molar-refractivity contribution in [2.45, 2.75) is 24.7 Å². The van der Waals surface area contributed by atoms with Gasteiger partial charge in [0.15, 0.2) is 0 Å². The van der Waals surface area contributed by atoms with Crippen LogP contribution >= 0.6 is 0 Å². The first-order chi connectivity index (χ1) is 12.5. The van der Waals surface area contributed by atoms with Crippen molar-refractivity contribution in [1.82, 2.24) is 0 Å². The van der Waals surface area contributed by atoms with Crippen molar-refractivity contribution < 1.29 is 29.3 Å². The second-order valence-electron chi connectivity index (χ2n) is 6.10. The van der Waals surface area contributed by atoms with Crippen LogP contribution in [0, 0.1) is 5.92 Å². The maximum absolute atomic E-state index is 12.6. The molecule has 136 valence electrons. The Bertz CT molecular complexity index is 775. The molecule has 0 aromatic heterocycles. The van der Waals surface area contributed by atoms with E-state index in [1.807, 2.05) is 0 Å². The van der Waals surface area contributed by atoms with Crippen LogP contribution in [0.15, 0.2) is 60.7 Å². The molecule has 26 heavy (non-hydrogen) atoms. The zero-order valence-electron chi connectivity index (χ0n) is 14.2. The second-order valence-corrected chi connectivity index (χ2v) is 6.10. The number of aliphatic hydroxyl groups is 2. The van der Waals surface area contributed by atoms with E-state index in [0.29, 0.717) is 11.1 Å². The molecule has 1 fully saturated rings. The van der Waals surface area contributed by atoms with Crippen molar-refractivity contribution in [1.29, 1.82) is 0 Å². The Morgan fingerprint density at radius 3 is 2.31 bits per heavy atom. The minimum atomic E-state index is -2.45. The average molecular weight is 356 g/mol. The van der Waals surface area contributed by atoms with E-state index in [1.165, 1.54) is 0 Å². The molecular formula is C20H20O6. The molecule has 1 heterocycles. The van der Waals surface area contributed by atoms with Crippen LogP contribution in [0.5, 0.6) is 0 Å². The van der Waals surface area contributed by atoms with Gasteiger partial charge in [-0.2, -0.15) is 0 Å². The lowest BCUT2D eigenvalue weighted by atomic mass is 9.77. The summed E-state index contributed by atoms with van der Waals surface area (Å²) in [5.41, 5.74) is -1.61. The Labute approximate surface area is 151 Å². The zero-order chi connectivity index (χ0) is 18.7. The number of hydrogen-bond acceptors (Lipinski definition) is 6. The number of carbonyl (C=O) groups excluding carboxylic acids is 2. The van der Waals surface area contributed by atoms with Gasteiger partial charge in [-0.05, 0) is 18.1 Å². The lowest BCUT2D eigenvalue weighted by Crippen LogP contribution is -2.50. The van der Waals surface area contributed by atoms with Crippen LogP contribution < -0.4 is 0 Å². The third-order valence-corrected chi connectivity index (χ3v) is 4.54. The summed E-state index contributed by atoms with van der Waals surface area (Å²) in [6.45, 7) is 1.70. The summed E-state index contributed by atoms with van der Waals surface area (Å²) in [5.74, 6) is -3.25. The standard InChI is InChI=1S/C20H20O6/c1-2-25-18(22)15-16(13-9-5-3-6-10-13)26-19(23)20(15,24)17(21)14-11-7-4-8-12-14/h3-12,15-17,21,24H,2H2,1H3/t15-,16-,17+,20+/m0/s1. The Hall–Kier alpha value is -2.70. The van der Waals surface area contributed by atoms with E-state index in [2.05, 4.69) is 0 Å². The fourth-order valence-electron chi connectivity index (χ4n) is 3.25. The predicted molar refractivity (Wildman–Crippen MR) is 91.7 cm³/mol. The summed E-state index contributed by atoms with van der Waals surface area (Å²) in [5, 5.41) is 21.9. The van der Waals surface area contributed by atoms with E-state index < -0.39 is 35.7 Å². The summed E-state index contributed by atoms with van der Waals surface area (Å²) >= 11 is 0. The smallest absolute Gasteiger partial charge is 0.343 e. The highest BCUT2D eigenvalue weighted by Gasteiger charge is 2.65. The maximum atomic E-state index is 12.6. The third kappa shape index (κ3) is 2.98. The van der Waals surface area contributed by atoms with Gasteiger partial charge in [-0.25, -0.2) is 4.79 Å². The van der Waals surface area contributed by atoms with E-state index >= 15 is 0 Å². The molecule has 6 heteroatoms. The molecule has 4 atom stereocenters. The van der Waals surface area contributed by atoms with Crippen molar-refractivity contribution in [3.8, 4) is 0 Å². The molecule has 0 bridgehead atoms. The van der Waals surface area contributed by atoms with Crippen LogP contribution in [-0.4, -0.2) is 34.4 Å². The summed E-state index contributed by atoms with van der Waals surface area (Å²) < 4.78 is 10.4. The van der Waals surface area contributed by atoms with Crippen molar-refractivity contribution in [3.05, 3.63) is 71.8 Å². The van der Waals surface area contributed by atoms with Crippen LogP contribution in [0.2, 0.25) is 0 Å². The topological polar surface area (TPSA) is 93.1 Å². The molecule has 0 saturated carbocycles. The average Bonchev–Trinajstić information content (AvgIpc) is 2.95. The van der Waals surface area contributed by atoms with Gasteiger partial charge in [0.1, 0.15) is 18.1 Å². The highest BCUT2D eigenvalue weighted by atomic mass is 16.6. The Morgan fingerprint density at radius 2 is 1.73 bits per heavy atom. The summed E-state index contributed by atoms with van der Waals surface area (Å²) in [7, 11) is 0. The maximum Gasteiger partial charge on any atom is 0.343 e. The van der Waals surface area contributed by atoms with Gasteiger partial charge >= 0.3 is 11.9 Å². The molecule has 1 saturated heterocycles. The van der Waals surface area contributed by atoms with Gasteiger partial charge in [-0.1, -0.05) is 60.7 Å². The minimum absolute atomic E-state index is 0.0720. The van der Waals surface area contributed by atoms with Crippen LogP contribution in [0.25, 0.3) is 0 Å². The molecule has 0 aliphatic carbocycles. The quantitative estimate of drug-likeness (QED) is 0.795. The summed E-state index contributed by atoms with van der Waals surface area (Å²) in [6, 6.07) is 16.8. The van der Waals surface area contributed by atoms with Gasteiger partial charge in [0.05, 0.1) is 6.61 Å². The number of esters is 2. The summed E-state index contributed by atoms with van der Waals surface area (Å²) in [6.07, 6.45) is -2.69. The van der Waals surface area contributed by atoms with Crippen LogP contribution in [0.3, 0.4) is 0 Å². The number of aliphatic hydroxyl groups excluding tert-OH is 1. The first-order valence-electron chi connectivity index (χ1n) is 8.38. The number of rotatable bonds is 5. The Balaban J connectivity index is 2.07. The molecule has 2 N–H and O–H groups in total. The van der Waals surface area contributed by atoms with Crippen LogP contribution in [0.4, 0.5) is 0 Å². The van der Waals surface area contributed by atoms with Gasteiger partial charge in [-0.15, -0.1) is 0 Å². The molecule has 3 rings (SSSR count). The van der Waals surface area contributed by atoms with Gasteiger partial charge in [0.2, 0.25) is 5.60 Å². The van der Waals surface area contributed by atoms with Gasteiger partial charge in [-0.3, -0.25) is 4.79 Å². The second kappa shape index (κ2) is 7.27. The molecule has 0 spiro atoms. The number of hydrogen-bond donors (Lipinski definition) is 2. The highest BCUT2D eigenvalue weighted by molar-refractivity contribution is 5.92. The van der Waals surface area contributed by atoms with Crippen molar-refractivity contribution >= 4 is 11.9 Å². The summed E-state index contributed by atoms with van der Waals surface area (Å²) in [4.78, 5) is 25.2. The van der Waals surface area contributed by atoms with E-state index in [9.17, 15) is 19.8 Å². The molecule has 1 aliphatic rings. The fourth-order valence-corrected chi connectivity index (χ4v) is 3.25. The number of ether oxygens (including phenoxy) is 2. The van der Waals surface area contributed by atoms with E-state index in [4.69, 9.17) is 9.47 Å². The predicted octanol–water partition coefficient (Wildman–Crippen LogP) is 1.93. The molecule has 0 radical (unpaired) electrons. The molecular weight excluding hydrogens is 336 g/mol. The molecule has 2 aromatic carbocycles. The normalized spacial score (nSPS) is 26.2. The van der Waals surface area contributed by atoms with E-state index in [-0.39, 0.29) is 6.61 Å². The van der Waals surface area contributed by atoms with Crippen molar-refractivity contribution in [2.24, 2.45) is 5.92 Å². The SMILES string of the molecule is CCOC(=O)[C@@H]1[C@H](c2ccccc2)OC(=O)[C@]1(O)[C@H](O)c1ccccc1. The first-order valence-corrected chi connectivity index (χ1v) is 8.38. The monoisotopic (exact) mass is 356 g/mol. The van der Waals surface area contributed by atoms with E-state index in [1.54, 1.807) is 67.6 Å². The Morgan fingerprint density at radius 1 is 1.15 bits per heavy atom. The number of carbonyl (C=O) groups is 2.